The summed E-state index contributed by atoms with van der Waals surface area (Å²) in [4.78, 5) is 12.8. The summed E-state index contributed by atoms with van der Waals surface area (Å²) < 4.78 is 18.2. The van der Waals surface area contributed by atoms with Crippen molar-refractivity contribution >= 4 is 17.9 Å². The van der Waals surface area contributed by atoms with E-state index < -0.39 is 5.60 Å². The van der Waals surface area contributed by atoms with Gasteiger partial charge in [0.15, 0.2) is 0 Å². The van der Waals surface area contributed by atoms with E-state index >= 15 is 0 Å². The summed E-state index contributed by atoms with van der Waals surface area (Å²) in [5.41, 5.74) is 3.09. The second-order valence-corrected chi connectivity index (χ2v) is 8.27. The van der Waals surface area contributed by atoms with E-state index in [1.807, 2.05) is 27.8 Å². The number of aryl methyl sites for hydroxylation is 1. The maximum Gasteiger partial charge on any atom is 0.332 e. The molecule has 0 bridgehead atoms. The highest BCUT2D eigenvalue weighted by Gasteiger charge is 2.16. The van der Waals surface area contributed by atoms with Crippen molar-refractivity contribution in [2.75, 3.05) is 33.9 Å². The molecule has 0 amide bonds. The average Bonchev–Trinajstić information content (AvgIpc) is 2.50. The SMILES string of the molecule is COc1cc(C)c(SN(C)CCOCC(=O)OC(C)(C)C)c(C)c1C. The second kappa shape index (κ2) is 9.46. The van der Waals surface area contributed by atoms with E-state index in [2.05, 4.69) is 31.1 Å². The largest absolute Gasteiger partial charge is 0.496 e. The van der Waals surface area contributed by atoms with Crippen LogP contribution in [0.4, 0.5) is 0 Å². The lowest BCUT2D eigenvalue weighted by molar-refractivity contribution is -0.160. The molecule has 0 fully saturated rings. The Hall–Kier alpha value is -1.24. The topological polar surface area (TPSA) is 48.0 Å². The number of hydrogen-bond donors (Lipinski definition) is 0. The van der Waals surface area contributed by atoms with Gasteiger partial charge >= 0.3 is 5.97 Å². The quantitative estimate of drug-likeness (QED) is 0.393. The summed E-state index contributed by atoms with van der Waals surface area (Å²) in [5.74, 6) is 0.586. The van der Waals surface area contributed by atoms with Gasteiger partial charge in [0.1, 0.15) is 18.0 Å². The van der Waals surface area contributed by atoms with Gasteiger partial charge in [-0.25, -0.2) is 9.10 Å². The molecule has 1 aromatic carbocycles. The summed E-state index contributed by atoms with van der Waals surface area (Å²) in [6.45, 7) is 13.0. The number of carbonyl (C=O) groups is 1. The lowest BCUT2D eigenvalue weighted by Crippen LogP contribution is -2.27. The van der Waals surface area contributed by atoms with Gasteiger partial charge in [-0.3, -0.25) is 0 Å². The molecule has 0 aliphatic rings. The van der Waals surface area contributed by atoms with Gasteiger partial charge in [-0.05, 0) is 83.3 Å². The molecule has 1 aromatic rings. The molecule has 25 heavy (non-hydrogen) atoms. The Balaban J connectivity index is 2.49. The molecule has 0 saturated carbocycles. The Bertz CT molecular complexity index is 596. The van der Waals surface area contributed by atoms with E-state index in [0.29, 0.717) is 13.2 Å². The first-order valence-corrected chi connectivity index (χ1v) is 9.16. The van der Waals surface area contributed by atoms with E-state index in [1.54, 1.807) is 19.1 Å². The minimum absolute atomic E-state index is 0.0184. The van der Waals surface area contributed by atoms with Crippen LogP contribution < -0.4 is 4.74 Å². The van der Waals surface area contributed by atoms with Crippen LogP contribution in [0.3, 0.4) is 0 Å². The fourth-order valence-corrected chi connectivity index (χ4v) is 3.27. The minimum Gasteiger partial charge on any atom is -0.496 e. The van der Waals surface area contributed by atoms with Crippen LogP contribution in [0.1, 0.15) is 37.5 Å². The van der Waals surface area contributed by atoms with Crippen molar-refractivity contribution in [2.45, 2.75) is 52.0 Å². The third-order valence-corrected chi connectivity index (χ3v) is 4.94. The number of rotatable bonds is 8. The van der Waals surface area contributed by atoms with Gasteiger partial charge in [0, 0.05) is 11.4 Å². The molecule has 0 heterocycles. The zero-order valence-electron chi connectivity index (χ0n) is 16.7. The molecule has 1 rings (SSSR count). The van der Waals surface area contributed by atoms with E-state index in [-0.39, 0.29) is 12.6 Å². The number of methoxy groups -OCH3 is 1. The van der Waals surface area contributed by atoms with Gasteiger partial charge in [0.2, 0.25) is 0 Å². The number of ether oxygens (including phenoxy) is 3. The molecule has 0 saturated heterocycles. The van der Waals surface area contributed by atoms with Crippen molar-refractivity contribution in [3.63, 3.8) is 0 Å². The van der Waals surface area contributed by atoms with Crippen molar-refractivity contribution < 1.29 is 19.0 Å². The van der Waals surface area contributed by atoms with Crippen LogP contribution in [0.2, 0.25) is 0 Å². The van der Waals surface area contributed by atoms with Crippen molar-refractivity contribution in [1.29, 1.82) is 0 Å². The molecule has 0 spiro atoms. The van der Waals surface area contributed by atoms with E-state index in [0.717, 1.165) is 11.3 Å². The molecule has 0 N–H and O–H groups in total. The van der Waals surface area contributed by atoms with Crippen LogP contribution >= 0.6 is 11.9 Å². The van der Waals surface area contributed by atoms with Crippen LogP contribution in [-0.4, -0.2) is 49.8 Å². The molecule has 5 nitrogen and oxygen atoms in total. The molecule has 0 unspecified atom stereocenters. The second-order valence-electron chi connectivity index (χ2n) is 7.06. The summed E-state index contributed by atoms with van der Waals surface area (Å²) in [7, 11) is 3.71. The lowest BCUT2D eigenvalue weighted by atomic mass is 10.1. The third kappa shape index (κ3) is 7.26. The molecule has 0 aliphatic heterocycles. The Labute approximate surface area is 156 Å². The predicted molar refractivity (Wildman–Crippen MR) is 102 cm³/mol. The normalized spacial score (nSPS) is 11.7. The van der Waals surface area contributed by atoms with E-state index in [1.165, 1.54) is 16.0 Å². The van der Waals surface area contributed by atoms with Crippen molar-refractivity contribution in [3.8, 4) is 5.75 Å². The summed E-state index contributed by atoms with van der Waals surface area (Å²) in [5, 5.41) is 0. The van der Waals surface area contributed by atoms with Crippen LogP contribution in [-0.2, 0) is 14.3 Å². The van der Waals surface area contributed by atoms with Crippen LogP contribution in [0.15, 0.2) is 11.0 Å². The molecule has 0 radical (unpaired) electrons. The maximum absolute atomic E-state index is 11.6. The van der Waals surface area contributed by atoms with Gasteiger partial charge in [0.05, 0.1) is 13.7 Å². The Kier molecular flexibility index (Phi) is 8.25. The first-order chi connectivity index (χ1) is 11.5. The highest BCUT2D eigenvalue weighted by Crippen LogP contribution is 2.34. The highest BCUT2D eigenvalue weighted by atomic mass is 32.2. The van der Waals surface area contributed by atoms with E-state index in [9.17, 15) is 4.79 Å². The standard InChI is InChI=1S/C19H31NO4S/c1-13-11-16(22-8)14(2)15(3)18(13)25-20(7)9-10-23-12-17(21)24-19(4,5)6/h11H,9-10,12H2,1-8H3. The van der Waals surface area contributed by atoms with Crippen molar-refractivity contribution in [2.24, 2.45) is 0 Å². The first-order valence-electron chi connectivity index (χ1n) is 8.38. The number of nitrogens with zero attached hydrogens (tertiary/aromatic N) is 1. The fourth-order valence-electron chi connectivity index (χ4n) is 2.29. The molecule has 0 aromatic heterocycles. The Morgan fingerprint density at radius 2 is 1.84 bits per heavy atom. The number of benzene rings is 1. The van der Waals surface area contributed by atoms with Gasteiger partial charge in [-0.15, -0.1) is 0 Å². The molecule has 0 aliphatic carbocycles. The van der Waals surface area contributed by atoms with Crippen LogP contribution in [0.5, 0.6) is 5.75 Å². The first kappa shape index (κ1) is 21.8. The molecule has 142 valence electrons. The van der Waals surface area contributed by atoms with E-state index in [4.69, 9.17) is 14.2 Å². The Morgan fingerprint density at radius 3 is 2.40 bits per heavy atom. The van der Waals surface area contributed by atoms with Gasteiger partial charge in [-0.1, -0.05) is 0 Å². The minimum atomic E-state index is -0.478. The predicted octanol–water partition coefficient (Wildman–Crippen LogP) is 3.92. The van der Waals surface area contributed by atoms with Crippen LogP contribution in [0.25, 0.3) is 0 Å². The summed E-state index contributed by atoms with van der Waals surface area (Å²) in [6, 6.07) is 2.07. The third-order valence-electron chi connectivity index (χ3n) is 3.64. The summed E-state index contributed by atoms with van der Waals surface area (Å²) >= 11 is 1.68. The zero-order chi connectivity index (χ0) is 19.2. The maximum atomic E-state index is 11.6. The fraction of sp³-hybridized carbons (Fsp3) is 0.632. The van der Waals surface area contributed by atoms with Crippen molar-refractivity contribution in [1.82, 2.24) is 4.31 Å². The van der Waals surface area contributed by atoms with Crippen LogP contribution in [0, 0.1) is 20.8 Å². The monoisotopic (exact) mass is 369 g/mol. The molecule has 0 atom stereocenters. The molecular weight excluding hydrogens is 338 g/mol. The zero-order valence-corrected chi connectivity index (χ0v) is 17.5. The number of carbonyl (C=O) groups excluding carboxylic acids is 1. The van der Waals surface area contributed by atoms with Crippen molar-refractivity contribution in [3.05, 3.63) is 22.8 Å². The molecule has 6 heteroatoms. The summed E-state index contributed by atoms with van der Waals surface area (Å²) in [6.07, 6.45) is 0. The Morgan fingerprint density at radius 1 is 1.20 bits per heavy atom. The van der Waals surface area contributed by atoms with Gasteiger partial charge < -0.3 is 14.2 Å². The van der Waals surface area contributed by atoms with Gasteiger partial charge in [-0.2, -0.15) is 0 Å². The lowest BCUT2D eigenvalue weighted by Gasteiger charge is -2.21. The van der Waals surface area contributed by atoms with Gasteiger partial charge in [0.25, 0.3) is 0 Å². The number of hydrogen-bond acceptors (Lipinski definition) is 6. The number of likely N-dealkylation sites (N-methyl/N-ethyl adjacent to an activating group) is 1. The number of esters is 1. The molecular formula is C19H31NO4S. The smallest absolute Gasteiger partial charge is 0.332 e. The average molecular weight is 370 g/mol. The highest BCUT2D eigenvalue weighted by molar-refractivity contribution is 7.97.